The summed E-state index contributed by atoms with van der Waals surface area (Å²) in [5.74, 6) is 6.79. The van der Waals surface area contributed by atoms with E-state index in [-0.39, 0.29) is 6.61 Å². The minimum absolute atomic E-state index is 0.0767. The van der Waals surface area contributed by atoms with E-state index in [4.69, 9.17) is 9.26 Å². The maximum absolute atomic E-state index is 9.38. The first kappa shape index (κ1) is 17.4. The van der Waals surface area contributed by atoms with Crippen LogP contribution in [0.1, 0.15) is 26.5 Å². The molecule has 0 atom stereocenters. The lowest BCUT2D eigenvalue weighted by atomic mass is 10.1. The van der Waals surface area contributed by atoms with Crippen molar-refractivity contribution in [3.63, 3.8) is 0 Å². The molecule has 1 rings (SSSR count). The summed E-state index contributed by atoms with van der Waals surface area (Å²) in [7, 11) is 1.62. The van der Waals surface area contributed by atoms with Crippen molar-refractivity contribution in [2.75, 3.05) is 26.8 Å². The number of ether oxygens (including phenoxy) is 1. The topological polar surface area (TPSA) is 58.7 Å². The first-order chi connectivity index (χ1) is 10.0. The van der Waals surface area contributed by atoms with Crippen LogP contribution in [-0.4, -0.2) is 47.6 Å². The molecule has 0 fully saturated rings. The molecular formula is C16H24N2O3. The van der Waals surface area contributed by atoms with Crippen LogP contribution in [0.25, 0.3) is 0 Å². The van der Waals surface area contributed by atoms with E-state index in [1.807, 2.05) is 26.0 Å². The molecule has 1 aromatic rings. The van der Waals surface area contributed by atoms with Crippen LogP contribution >= 0.6 is 0 Å². The smallest absolute Gasteiger partial charge is 0.150 e. The number of hydrogen-bond acceptors (Lipinski definition) is 5. The maximum atomic E-state index is 9.38. The van der Waals surface area contributed by atoms with Gasteiger partial charge in [-0.15, -0.1) is 0 Å². The SMILES string of the molecule is CCN(C/C=C(\C#CC(C)(C)OC)CO)Cc1ccno1. The zero-order valence-corrected chi connectivity index (χ0v) is 13.2. The Morgan fingerprint density at radius 2 is 2.33 bits per heavy atom. The van der Waals surface area contributed by atoms with Gasteiger partial charge in [0.05, 0.1) is 19.3 Å². The minimum Gasteiger partial charge on any atom is -0.391 e. The highest BCUT2D eigenvalue weighted by molar-refractivity contribution is 5.32. The number of aliphatic hydroxyl groups excluding tert-OH is 1. The van der Waals surface area contributed by atoms with Crippen molar-refractivity contribution >= 4 is 0 Å². The lowest BCUT2D eigenvalue weighted by Crippen LogP contribution is -2.23. The first-order valence-electron chi connectivity index (χ1n) is 7.01. The van der Waals surface area contributed by atoms with E-state index in [0.29, 0.717) is 18.7 Å². The molecule has 0 radical (unpaired) electrons. The Kier molecular flexibility index (Phi) is 7.17. The van der Waals surface area contributed by atoms with Gasteiger partial charge in [0.1, 0.15) is 5.60 Å². The van der Waals surface area contributed by atoms with Crippen LogP contribution in [-0.2, 0) is 11.3 Å². The summed E-state index contributed by atoms with van der Waals surface area (Å²) < 4.78 is 10.3. The predicted molar refractivity (Wildman–Crippen MR) is 81.5 cm³/mol. The molecule has 0 aliphatic carbocycles. The summed E-state index contributed by atoms with van der Waals surface area (Å²) in [4.78, 5) is 2.17. The Bertz CT molecular complexity index is 495. The van der Waals surface area contributed by atoms with Gasteiger partial charge in [-0.05, 0) is 20.4 Å². The molecule has 0 saturated carbocycles. The average molecular weight is 292 g/mol. The van der Waals surface area contributed by atoms with Gasteiger partial charge in [0.15, 0.2) is 5.76 Å². The molecule has 0 bridgehead atoms. The molecule has 0 spiro atoms. The van der Waals surface area contributed by atoms with Crippen LogP contribution < -0.4 is 0 Å². The zero-order valence-electron chi connectivity index (χ0n) is 13.2. The number of methoxy groups -OCH3 is 1. The molecule has 0 aliphatic rings. The van der Waals surface area contributed by atoms with Crippen LogP contribution in [0.2, 0.25) is 0 Å². The predicted octanol–water partition coefficient (Wildman–Crippen LogP) is 1.84. The Balaban J connectivity index is 2.65. The van der Waals surface area contributed by atoms with E-state index in [0.717, 1.165) is 12.3 Å². The van der Waals surface area contributed by atoms with Crippen molar-refractivity contribution in [1.82, 2.24) is 10.1 Å². The average Bonchev–Trinajstić information content (AvgIpc) is 2.99. The molecule has 1 aromatic heterocycles. The van der Waals surface area contributed by atoms with Crippen molar-refractivity contribution in [2.45, 2.75) is 32.9 Å². The molecule has 0 unspecified atom stereocenters. The Hall–Kier alpha value is -1.61. The number of nitrogens with zero attached hydrogens (tertiary/aromatic N) is 2. The third-order valence-corrected chi connectivity index (χ3v) is 3.12. The second kappa shape index (κ2) is 8.63. The van der Waals surface area contributed by atoms with Gasteiger partial charge in [-0.2, -0.15) is 0 Å². The Morgan fingerprint density at radius 3 is 2.86 bits per heavy atom. The lowest BCUT2D eigenvalue weighted by Gasteiger charge is -2.17. The molecule has 5 heteroatoms. The number of rotatable bonds is 7. The number of likely N-dealkylation sites (N-methyl/N-ethyl adjacent to an activating group) is 1. The van der Waals surface area contributed by atoms with Crippen LogP contribution in [0, 0.1) is 11.8 Å². The third kappa shape index (κ3) is 6.58. The van der Waals surface area contributed by atoms with E-state index in [1.165, 1.54) is 0 Å². The first-order valence-corrected chi connectivity index (χ1v) is 7.01. The summed E-state index contributed by atoms with van der Waals surface area (Å²) >= 11 is 0. The van der Waals surface area contributed by atoms with Crippen molar-refractivity contribution < 1.29 is 14.4 Å². The highest BCUT2D eigenvalue weighted by Crippen LogP contribution is 2.06. The van der Waals surface area contributed by atoms with E-state index >= 15 is 0 Å². The molecule has 0 aliphatic heterocycles. The van der Waals surface area contributed by atoms with E-state index in [9.17, 15) is 5.11 Å². The lowest BCUT2D eigenvalue weighted by molar-refractivity contribution is 0.0741. The summed E-state index contributed by atoms with van der Waals surface area (Å²) in [6, 6.07) is 1.85. The molecule has 1 N–H and O–H groups in total. The van der Waals surface area contributed by atoms with E-state index in [1.54, 1.807) is 13.3 Å². The monoisotopic (exact) mass is 292 g/mol. The molecule has 116 valence electrons. The molecule has 0 saturated heterocycles. The molecule has 0 aromatic carbocycles. The van der Waals surface area contributed by atoms with E-state index in [2.05, 4.69) is 28.8 Å². The van der Waals surface area contributed by atoms with Gasteiger partial charge in [0, 0.05) is 25.3 Å². The number of aliphatic hydroxyl groups is 1. The molecule has 5 nitrogen and oxygen atoms in total. The molecule has 1 heterocycles. The minimum atomic E-state index is -0.515. The largest absolute Gasteiger partial charge is 0.391 e. The van der Waals surface area contributed by atoms with Crippen LogP contribution in [0.3, 0.4) is 0 Å². The molecule has 0 amide bonds. The number of aromatic nitrogens is 1. The van der Waals surface area contributed by atoms with Crippen molar-refractivity contribution in [1.29, 1.82) is 0 Å². The summed E-state index contributed by atoms with van der Waals surface area (Å²) in [5, 5.41) is 13.1. The van der Waals surface area contributed by atoms with Gasteiger partial charge < -0.3 is 14.4 Å². The fraction of sp³-hybridized carbons (Fsp3) is 0.562. The highest BCUT2D eigenvalue weighted by atomic mass is 16.5. The standard InChI is InChI=1S/C16H24N2O3/c1-5-18(12-15-7-10-17-21-15)11-8-14(13-19)6-9-16(2,3)20-4/h7-8,10,19H,5,11-13H2,1-4H3/b14-8+. The summed E-state index contributed by atoms with van der Waals surface area (Å²) in [5.41, 5.74) is 0.176. The van der Waals surface area contributed by atoms with Gasteiger partial charge >= 0.3 is 0 Å². The van der Waals surface area contributed by atoms with Crippen molar-refractivity contribution in [3.8, 4) is 11.8 Å². The third-order valence-electron chi connectivity index (χ3n) is 3.12. The molecule has 21 heavy (non-hydrogen) atoms. The Labute approximate surface area is 126 Å². The summed E-state index contributed by atoms with van der Waals surface area (Å²) in [6.07, 6.45) is 3.56. The Morgan fingerprint density at radius 1 is 1.57 bits per heavy atom. The quantitative estimate of drug-likeness (QED) is 0.777. The van der Waals surface area contributed by atoms with Gasteiger partial charge in [0.2, 0.25) is 0 Å². The molecular weight excluding hydrogens is 268 g/mol. The normalized spacial score (nSPS) is 12.4. The van der Waals surface area contributed by atoms with Crippen molar-refractivity contribution in [2.24, 2.45) is 0 Å². The fourth-order valence-corrected chi connectivity index (χ4v) is 1.53. The zero-order chi connectivity index (χ0) is 15.7. The second-order valence-electron chi connectivity index (χ2n) is 5.16. The second-order valence-corrected chi connectivity index (χ2v) is 5.16. The van der Waals surface area contributed by atoms with Gasteiger partial charge in [-0.3, -0.25) is 4.90 Å². The highest BCUT2D eigenvalue weighted by Gasteiger charge is 2.11. The fourth-order valence-electron chi connectivity index (χ4n) is 1.53. The van der Waals surface area contributed by atoms with Crippen LogP contribution in [0.15, 0.2) is 28.4 Å². The summed E-state index contributed by atoms with van der Waals surface area (Å²) in [6.45, 7) is 8.01. The van der Waals surface area contributed by atoms with Gasteiger partial charge in [-0.1, -0.05) is 30.0 Å². The maximum Gasteiger partial charge on any atom is 0.150 e. The van der Waals surface area contributed by atoms with Crippen LogP contribution in [0.5, 0.6) is 0 Å². The number of hydrogen-bond donors (Lipinski definition) is 1. The van der Waals surface area contributed by atoms with Gasteiger partial charge in [-0.25, -0.2) is 0 Å². The van der Waals surface area contributed by atoms with Crippen molar-refractivity contribution in [3.05, 3.63) is 29.7 Å². The van der Waals surface area contributed by atoms with E-state index < -0.39 is 5.60 Å². The van der Waals surface area contributed by atoms with Gasteiger partial charge in [0.25, 0.3) is 0 Å². The van der Waals surface area contributed by atoms with Crippen LogP contribution in [0.4, 0.5) is 0 Å².